The zero-order valence-electron chi connectivity index (χ0n) is 19.3. The number of rotatable bonds is 7. The predicted octanol–water partition coefficient (Wildman–Crippen LogP) is 3.07. The highest BCUT2D eigenvalue weighted by Crippen LogP contribution is 2.21. The van der Waals surface area contributed by atoms with Crippen LogP contribution in [0.1, 0.15) is 43.1 Å². The number of aliphatic imine (C=N–C) groups is 1. The van der Waals surface area contributed by atoms with Gasteiger partial charge in [0.15, 0.2) is 5.96 Å². The van der Waals surface area contributed by atoms with Crippen LogP contribution in [0.15, 0.2) is 28.7 Å². The second kappa shape index (κ2) is 10.9. The summed E-state index contributed by atoms with van der Waals surface area (Å²) in [6.45, 7) is 9.29. The number of pyridine rings is 1. The topological polar surface area (TPSA) is 75.1 Å². The van der Waals surface area contributed by atoms with Crippen molar-refractivity contribution in [2.45, 2.75) is 52.2 Å². The number of ether oxygens (including phenoxy) is 2. The molecule has 1 N–H and O–H groups in total. The van der Waals surface area contributed by atoms with E-state index in [2.05, 4.69) is 61.4 Å². The van der Waals surface area contributed by atoms with Crippen molar-refractivity contribution in [2.24, 2.45) is 4.99 Å². The molecule has 0 radical (unpaired) electrons. The maximum atomic E-state index is 5.82. The number of nitrogens with zero attached hydrogens (tertiary/aromatic N) is 5. The van der Waals surface area contributed by atoms with Crippen molar-refractivity contribution < 1.29 is 9.47 Å². The summed E-state index contributed by atoms with van der Waals surface area (Å²) in [4.78, 5) is 18.1. The molecule has 3 heterocycles. The van der Waals surface area contributed by atoms with Gasteiger partial charge in [0.1, 0.15) is 16.9 Å². The van der Waals surface area contributed by atoms with Crippen LogP contribution in [0.2, 0.25) is 0 Å². The van der Waals surface area contributed by atoms with Gasteiger partial charge in [-0.05, 0) is 32.4 Å². The lowest BCUT2D eigenvalue weighted by Gasteiger charge is -2.36. The Bertz CT molecular complexity index is 846. The molecule has 0 spiro atoms. The highest BCUT2D eigenvalue weighted by atomic mass is 32.1. The third kappa shape index (κ3) is 6.38. The van der Waals surface area contributed by atoms with Crippen LogP contribution < -0.4 is 10.2 Å². The van der Waals surface area contributed by atoms with Crippen molar-refractivity contribution >= 4 is 23.1 Å². The Kier molecular flexibility index (Phi) is 8.22. The second-order valence-electron chi connectivity index (χ2n) is 8.00. The lowest BCUT2D eigenvalue weighted by atomic mass is 10.2. The maximum absolute atomic E-state index is 5.82. The van der Waals surface area contributed by atoms with Gasteiger partial charge in [-0.15, -0.1) is 11.3 Å². The zero-order chi connectivity index (χ0) is 22.4. The summed E-state index contributed by atoms with van der Waals surface area (Å²) in [5.74, 6) is 1.81. The Hall–Kier alpha value is -2.23. The van der Waals surface area contributed by atoms with Crippen LogP contribution >= 0.6 is 11.3 Å². The lowest BCUT2D eigenvalue weighted by Crippen LogP contribution is -2.45. The Labute approximate surface area is 189 Å². The van der Waals surface area contributed by atoms with Gasteiger partial charge in [0.25, 0.3) is 0 Å². The molecule has 1 fully saturated rings. The van der Waals surface area contributed by atoms with Gasteiger partial charge in [0, 0.05) is 52.4 Å². The van der Waals surface area contributed by atoms with Crippen LogP contribution in [-0.4, -0.2) is 67.3 Å². The fourth-order valence-electron chi connectivity index (χ4n) is 3.64. The van der Waals surface area contributed by atoms with Crippen LogP contribution in [0.5, 0.6) is 0 Å². The molecule has 0 amide bonds. The Balaban J connectivity index is 1.53. The minimum Gasteiger partial charge on any atom is -0.375 e. The van der Waals surface area contributed by atoms with Crippen LogP contribution in [0.4, 0.5) is 5.82 Å². The third-order valence-corrected chi connectivity index (χ3v) is 6.30. The average molecular weight is 447 g/mol. The summed E-state index contributed by atoms with van der Waals surface area (Å²) in [7, 11) is 5.50. The summed E-state index contributed by atoms with van der Waals surface area (Å²) in [6, 6.07) is 4.20. The SMILES string of the molecule is CN=C(NCc1ccc(N2CC(C)OC(C)C2)nc1)N(C)Cc1csc(C(C)OC)n1. The molecule has 8 nitrogen and oxygen atoms in total. The quantitative estimate of drug-likeness (QED) is 0.517. The molecule has 2 aromatic heterocycles. The summed E-state index contributed by atoms with van der Waals surface area (Å²) in [6.07, 6.45) is 2.38. The summed E-state index contributed by atoms with van der Waals surface area (Å²) < 4.78 is 11.2. The van der Waals surface area contributed by atoms with Gasteiger partial charge in [0.2, 0.25) is 0 Å². The molecule has 3 atom stereocenters. The van der Waals surface area contributed by atoms with Gasteiger partial charge in [-0.2, -0.15) is 0 Å². The van der Waals surface area contributed by atoms with Crippen LogP contribution in [0.25, 0.3) is 0 Å². The number of hydrogen-bond donors (Lipinski definition) is 1. The number of aromatic nitrogens is 2. The molecule has 0 aliphatic carbocycles. The minimum atomic E-state index is 0.0147. The maximum Gasteiger partial charge on any atom is 0.194 e. The van der Waals surface area contributed by atoms with E-state index in [1.807, 2.05) is 20.2 Å². The van der Waals surface area contributed by atoms with E-state index in [9.17, 15) is 0 Å². The van der Waals surface area contributed by atoms with E-state index in [1.165, 1.54) is 0 Å². The minimum absolute atomic E-state index is 0.0147. The van der Waals surface area contributed by atoms with Gasteiger partial charge in [0.05, 0.1) is 24.4 Å². The molecule has 1 aliphatic rings. The fourth-order valence-corrected chi connectivity index (χ4v) is 4.48. The lowest BCUT2D eigenvalue weighted by molar-refractivity contribution is -0.00545. The number of nitrogens with one attached hydrogen (secondary N) is 1. The van der Waals surface area contributed by atoms with Crippen LogP contribution in [0.3, 0.4) is 0 Å². The van der Waals surface area contributed by atoms with E-state index >= 15 is 0 Å². The average Bonchev–Trinajstić information content (AvgIpc) is 3.21. The van der Waals surface area contributed by atoms with Crippen molar-refractivity contribution in [3.05, 3.63) is 40.0 Å². The first-order chi connectivity index (χ1) is 14.9. The standard InChI is InChI=1S/C22H34N6O2S/c1-15-11-28(12-16(2)30-15)20-8-7-18(9-24-20)10-25-22(23-4)27(5)13-19-14-31-21(26-19)17(3)29-6/h7-9,14-17H,10-13H2,1-6H3,(H,23,25). The molecule has 170 valence electrons. The molecule has 0 saturated carbocycles. The smallest absolute Gasteiger partial charge is 0.194 e. The third-order valence-electron chi connectivity index (χ3n) is 5.25. The molecule has 3 unspecified atom stereocenters. The number of morpholine rings is 1. The normalized spacial score (nSPS) is 20.6. The number of thiazole rings is 1. The van der Waals surface area contributed by atoms with E-state index < -0.39 is 0 Å². The highest BCUT2D eigenvalue weighted by molar-refractivity contribution is 7.09. The molecule has 0 aromatic carbocycles. The number of guanidine groups is 1. The zero-order valence-corrected chi connectivity index (χ0v) is 20.1. The summed E-state index contributed by atoms with van der Waals surface area (Å²) in [5.41, 5.74) is 2.12. The second-order valence-corrected chi connectivity index (χ2v) is 8.89. The first kappa shape index (κ1) is 23.4. The highest BCUT2D eigenvalue weighted by Gasteiger charge is 2.23. The Morgan fingerprint density at radius 3 is 2.74 bits per heavy atom. The fraction of sp³-hybridized carbons (Fsp3) is 0.591. The van der Waals surface area contributed by atoms with Crippen LogP contribution in [-0.2, 0) is 22.6 Å². The van der Waals surface area contributed by atoms with E-state index in [-0.39, 0.29) is 18.3 Å². The van der Waals surface area contributed by atoms with Crippen molar-refractivity contribution in [1.82, 2.24) is 20.2 Å². The molecule has 3 rings (SSSR count). The van der Waals surface area contributed by atoms with E-state index in [4.69, 9.17) is 9.47 Å². The first-order valence-corrected chi connectivity index (χ1v) is 11.5. The molecule has 0 bridgehead atoms. The first-order valence-electron chi connectivity index (χ1n) is 10.6. The van der Waals surface area contributed by atoms with Crippen molar-refractivity contribution in [1.29, 1.82) is 0 Å². The van der Waals surface area contributed by atoms with E-state index in [1.54, 1.807) is 25.5 Å². The molecule has 1 saturated heterocycles. The Morgan fingerprint density at radius 1 is 1.39 bits per heavy atom. The molecule has 9 heteroatoms. The number of hydrogen-bond acceptors (Lipinski definition) is 7. The van der Waals surface area contributed by atoms with E-state index in [0.717, 1.165) is 41.1 Å². The van der Waals surface area contributed by atoms with Gasteiger partial charge >= 0.3 is 0 Å². The van der Waals surface area contributed by atoms with Crippen LogP contribution in [0, 0.1) is 0 Å². The van der Waals surface area contributed by atoms with Crippen molar-refractivity contribution in [3.8, 4) is 0 Å². The molecule has 1 aliphatic heterocycles. The molecule has 2 aromatic rings. The molecular formula is C22H34N6O2S. The largest absolute Gasteiger partial charge is 0.375 e. The van der Waals surface area contributed by atoms with Gasteiger partial charge in [-0.25, -0.2) is 9.97 Å². The van der Waals surface area contributed by atoms with Gasteiger partial charge in [-0.3, -0.25) is 4.99 Å². The summed E-state index contributed by atoms with van der Waals surface area (Å²) in [5, 5.41) is 6.48. The van der Waals surface area contributed by atoms with Gasteiger partial charge in [-0.1, -0.05) is 6.07 Å². The molecule has 31 heavy (non-hydrogen) atoms. The monoisotopic (exact) mass is 446 g/mol. The summed E-state index contributed by atoms with van der Waals surface area (Å²) >= 11 is 1.62. The predicted molar refractivity (Wildman–Crippen MR) is 126 cm³/mol. The number of methoxy groups -OCH3 is 1. The molecular weight excluding hydrogens is 412 g/mol. The van der Waals surface area contributed by atoms with Crippen molar-refractivity contribution in [3.63, 3.8) is 0 Å². The Morgan fingerprint density at radius 2 is 2.13 bits per heavy atom. The van der Waals surface area contributed by atoms with Crippen molar-refractivity contribution in [2.75, 3.05) is 39.2 Å². The van der Waals surface area contributed by atoms with E-state index in [0.29, 0.717) is 13.1 Å². The number of anilines is 1. The van der Waals surface area contributed by atoms with Gasteiger partial charge < -0.3 is 24.6 Å².